The Labute approximate surface area is 164 Å². The van der Waals surface area contributed by atoms with Crippen LogP contribution in [-0.4, -0.2) is 65.2 Å². The molecule has 144 valence electrons. The fourth-order valence-electron chi connectivity index (χ4n) is 3.41. The zero-order valence-electron chi connectivity index (χ0n) is 15.4. The van der Waals surface area contributed by atoms with Gasteiger partial charge in [-0.2, -0.15) is 11.8 Å². The molecule has 3 amide bonds. The van der Waals surface area contributed by atoms with E-state index in [0.29, 0.717) is 37.2 Å². The first-order chi connectivity index (χ1) is 13.1. The number of carbonyl (C=O) groups is 3. The molecule has 7 heteroatoms. The Kier molecular flexibility index (Phi) is 6.55. The summed E-state index contributed by atoms with van der Waals surface area (Å²) in [6.07, 6.45) is 2.58. The highest BCUT2D eigenvalue weighted by molar-refractivity contribution is 7.99. The van der Waals surface area contributed by atoms with Crippen LogP contribution in [0.2, 0.25) is 0 Å². The minimum atomic E-state index is -0.127. The number of piperidine rings is 1. The minimum absolute atomic E-state index is 0.0163. The Morgan fingerprint density at radius 3 is 2.44 bits per heavy atom. The Morgan fingerprint density at radius 1 is 1.07 bits per heavy atom. The van der Waals surface area contributed by atoms with Crippen LogP contribution in [0.4, 0.5) is 5.69 Å². The van der Waals surface area contributed by atoms with Gasteiger partial charge in [0.1, 0.15) is 0 Å². The van der Waals surface area contributed by atoms with E-state index in [4.69, 9.17) is 0 Å². The summed E-state index contributed by atoms with van der Waals surface area (Å²) in [6.45, 7) is 6.16. The maximum atomic E-state index is 12.6. The molecule has 1 aromatic carbocycles. The van der Waals surface area contributed by atoms with Gasteiger partial charge in [-0.05, 0) is 37.1 Å². The molecule has 2 aliphatic rings. The number of hydrogen-bond acceptors (Lipinski definition) is 4. The Bertz CT molecular complexity index is 723. The number of benzene rings is 1. The summed E-state index contributed by atoms with van der Waals surface area (Å²) in [5.41, 5.74) is 1.24. The molecular weight excluding hydrogens is 362 g/mol. The van der Waals surface area contributed by atoms with Crippen LogP contribution < -0.4 is 5.32 Å². The molecule has 0 atom stereocenters. The molecule has 0 bridgehead atoms. The average Bonchev–Trinajstić information content (AvgIpc) is 2.73. The van der Waals surface area contributed by atoms with E-state index in [2.05, 4.69) is 11.9 Å². The Hall–Kier alpha value is -2.28. The molecule has 2 fully saturated rings. The maximum absolute atomic E-state index is 12.6. The molecule has 2 saturated heterocycles. The number of nitrogens with one attached hydrogen (secondary N) is 1. The molecule has 0 aromatic heterocycles. The summed E-state index contributed by atoms with van der Waals surface area (Å²) >= 11 is 1.86. The van der Waals surface area contributed by atoms with E-state index < -0.39 is 0 Å². The average molecular weight is 388 g/mol. The van der Waals surface area contributed by atoms with Gasteiger partial charge < -0.3 is 15.1 Å². The summed E-state index contributed by atoms with van der Waals surface area (Å²) in [5.74, 6) is 1.68. The van der Waals surface area contributed by atoms with Crippen LogP contribution in [0.3, 0.4) is 0 Å². The first-order valence-electron chi connectivity index (χ1n) is 9.28. The molecule has 3 rings (SSSR count). The third-order valence-electron chi connectivity index (χ3n) is 5.03. The normalized spacial score (nSPS) is 18.1. The van der Waals surface area contributed by atoms with Crippen LogP contribution in [0.25, 0.3) is 0 Å². The smallest absolute Gasteiger partial charge is 0.253 e. The zero-order valence-corrected chi connectivity index (χ0v) is 16.2. The molecule has 6 nitrogen and oxygen atoms in total. The van der Waals surface area contributed by atoms with E-state index >= 15 is 0 Å². The Balaban J connectivity index is 1.58. The second kappa shape index (κ2) is 9.08. The monoisotopic (exact) mass is 387 g/mol. The predicted octanol–water partition coefficient (Wildman–Crippen LogP) is 2.24. The SMILES string of the molecule is C=CC(=O)N1CCC(C(=O)Nc2cccc(C(=O)N3CCSCC3)c2)CC1. The van der Waals surface area contributed by atoms with Crippen molar-refractivity contribution < 1.29 is 14.4 Å². The van der Waals surface area contributed by atoms with E-state index in [-0.39, 0.29) is 23.6 Å². The highest BCUT2D eigenvalue weighted by Crippen LogP contribution is 2.21. The van der Waals surface area contributed by atoms with Crippen LogP contribution in [0.1, 0.15) is 23.2 Å². The maximum Gasteiger partial charge on any atom is 0.253 e. The quantitative estimate of drug-likeness (QED) is 0.805. The lowest BCUT2D eigenvalue weighted by molar-refractivity contribution is -0.130. The lowest BCUT2D eigenvalue weighted by atomic mass is 9.95. The van der Waals surface area contributed by atoms with Crippen LogP contribution in [0.15, 0.2) is 36.9 Å². The standard InChI is InChI=1S/C20H25N3O3S/c1-2-18(24)22-8-6-15(7-9-22)19(25)21-17-5-3-4-16(14-17)20(26)23-10-12-27-13-11-23/h2-5,14-15H,1,6-13H2,(H,21,25). The van der Waals surface area contributed by atoms with E-state index in [1.165, 1.54) is 6.08 Å². The van der Waals surface area contributed by atoms with Crippen molar-refractivity contribution in [2.75, 3.05) is 43.0 Å². The summed E-state index contributed by atoms with van der Waals surface area (Å²) < 4.78 is 0. The summed E-state index contributed by atoms with van der Waals surface area (Å²) in [6, 6.07) is 7.14. The van der Waals surface area contributed by atoms with Gasteiger partial charge in [0.25, 0.3) is 5.91 Å². The van der Waals surface area contributed by atoms with Gasteiger partial charge in [0, 0.05) is 54.9 Å². The van der Waals surface area contributed by atoms with Crippen molar-refractivity contribution in [2.45, 2.75) is 12.8 Å². The fraction of sp³-hybridized carbons (Fsp3) is 0.450. The van der Waals surface area contributed by atoms with Gasteiger partial charge >= 0.3 is 0 Å². The van der Waals surface area contributed by atoms with E-state index in [1.54, 1.807) is 29.2 Å². The molecule has 0 unspecified atom stereocenters. The molecule has 1 aromatic rings. The van der Waals surface area contributed by atoms with Gasteiger partial charge in [-0.15, -0.1) is 0 Å². The van der Waals surface area contributed by atoms with Gasteiger partial charge in [-0.1, -0.05) is 12.6 Å². The van der Waals surface area contributed by atoms with E-state index in [9.17, 15) is 14.4 Å². The van der Waals surface area contributed by atoms with Gasteiger partial charge in [0.05, 0.1) is 0 Å². The van der Waals surface area contributed by atoms with Crippen molar-refractivity contribution in [1.29, 1.82) is 0 Å². The highest BCUT2D eigenvalue weighted by atomic mass is 32.2. The Morgan fingerprint density at radius 2 is 1.78 bits per heavy atom. The first-order valence-corrected chi connectivity index (χ1v) is 10.4. The van der Waals surface area contributed by atoms with Crippen LogP contribution in [0.5, 0.6) is 0 Å². The molecule has 2 aliphatic heterocycles. The van der Waals surface area contributed by atoms with Crippen molar-refractivity contribution in [1.82, 2.24) is 9.80 Å². The number of rotatable bonds is 4. The fourth-order valence-corrected chi connectivity index (χ4v) is 4.32. The van der Waals surface area contributed by atoms with Gasteiger partial charge in [-0.3, -0.25) is 14.4 Å². The summed E-state index contributed by atoms with van der Waals surface area (Å²) in [4.78, 5) is 40.4. The van der Waals surface area contributed by atoms with Crippen molar-refractivity contribution in [2.24, 2.45) is 5.92 Å². The number of anilines is 1. The highest BCUT2D eigenvalue weighted by Gasteiger charge is 2.26. The van der Waals surface area contributed by atoms with E-state index in [1.807, 2.05) is 16.7 Å². The largest absolute Gasteiger partial charge is 0.339 e. The molecule has 27 heavy (non-hydrogen) atoms. The van der Waals surface area contributed by atoms with Gasteiger partial charge in [-0.25, -0.2) is 0 Å². The summed E-state index contributed by atoms with van der Waals surface area (Å²) in [5, 5.41) is 2.93. The molecule has 1 N–H and O–H groups in total. The molecule has 2 heterocycles. The van der Waals surface area contributed by atoms with Crippen LogP contribution in [0, 0.1) is 5.92 Å². The molecule has 0 radical (unpaired) electrons. The second-order valence-electron chi connectivity index (χ2n) is 6.78. The van der Waals surface area contributed by atoms with Crippen molar-refractivity contribution in [3.05, 3.63) is 42.5 Å². The third kappa shape index (κ3) is 4.91. The lowest BCUT2D eigenvalue weighted by Crippen LogP contribution is -2.40. The van der Waals surface area contributed by atoms with E-state index in [0.717, 1.165) is 24.6 Å². The number of amides is 3. The molecule has 0 saturated carbocycles. The lowest BCUT2D eigenvalue weighted by Gasteiger charge is -2.30. The number of likely N-dealkylation sites (tertiary alicyclic amines) is 1. The minimum Gasteiger partial charge on any atom is -0.339 e. The predicted molar refractivity (Wildman–Crippen MR) is 108 cm³/mol. The van der Waals surface area contributed by atoms with Crippen LogP contribution >= 0.6 is 11.8 Å². The summed E-state index contributed by atoms with van der Waals surface area (Å²) in [7, 11) is 0. The van der Waals surface area contributed by atoms with Crippen LogP contribution in [-0.2, 0) is 9.59 Å². The number of thioether (sulfide) groups is 1. The van der Waals surface area contributed by atoms with Crippen molar-refractivity contribution >= 4 is 35.2 Å². The molecule has 0 spiro atoms. The number of carbonyl (C=O) groups excluding carboxylic acids is 3. The van der Waals surface area contributed by atoms with Crippen molar-refractivity contribution in [3.8, 4) is 0 Å². The number of nitrogens with zero attached hydrogens (tertiary/aromatic N) is 2. The van der Waals surface area contributed by atoms with Gasteiger partial charge in [0.15, 0.2) is 0 Å². The van der Waals surface area contributed by atoms with Gasteiger partial charge in [0.2, 0.25) is 11.8 Å². The molecular formula is C20H25N3O3S. The first kappa shape index (κ1) is 19.5. The van der Waals surface area contributed by atoms with Crippen molar-refractivity contribution in [3.63, 3.8) is 0 Å². The number of hydrogen-bond donors (Lipinski definition) is 1. The topological polar surface area (TPSA) is 69.7 Å². The zero-order chi connectivity index (χ0) is 19.2. The molecule has 0 aliphatic carbocycles. The third-order valence-corrected chi connectivity index (χ3v) is 5.97. The second-order valence-corrected chi connectivity index (χ2v) is 8.00.